The van der Waals surface area contributed by atoms with E-state index in [-0.39, 0.29) is 5.56 Å². The molecule has 0 unspecified atom stereocenters. The molecule has 6 heteroatoms. The van der Waals surface area contributed by atoms with Crippen molar-refractivity contribution in [2.45, 2.75) is 12.5 Å². The lowest BCUT2D eigenvalue weighted by Gasteiger charge is -2.17. The highest BCUT2D eigenvalue weighted by molar-refractivity contribution is 5.76. The summed E-state index contributed by atoms with van der Waals surface area (Å²) in [5, 5.41) is 13.6. The van der Waals surface area contributed by atoms with Gasteiger partial charge in [-0.25, -0.2) is 0 Å². The highest BCUT2D eigenvalue weighted by atomic mass is 16.5. The van der Waals surface area contributed by atoms with Crippen LogP contribution < -0.4 is 10.9 Å². The predicted molar refractivity (Wildman–Crippen MR) is 41.4 cm³/mol. The maximum Gasteiger partial charge on any atom is 0.325 e. The fourth-order valence-electron chi connectivity index (χ4n) is 1.47. The fraction of sp³-hybridized carbons (Fsp3) is 0.429. The van der Waals surface area contributed by atoms with Gasteiger partial charge in [-0.05, 0) is 0 Å². The van der Waals surface area contributed by atoms with E-state index in [4.69, 9.17) is 9.63 Å². The largest absolute Gasteiger partial charge is 0.480 e. The Morgan fingerprint density at radius 1 is 1.62 bits per heavy atom. The monoisotopic (exact) mass is 184 g/mol. The summed E-state index contributed by atoms with van der Waals surface area (Å²) in [6, 6.07) is -0.939. The van der Waals surface area contributed by atoms with Gasteiger partial charge in [-0.1, -0.05) is 0 Å². The van der Waals surface area contributed by atoms with Crippen LogP contribution in [-0.2, 0) is 11.2 Å². The third-order valence-corrected chi connectivity index (χ3v) is 2.05. The zero-order valence-corrected chi connectivity index (χ0v) is 6.66. The highest BCUT2D eigenvalue weighted by Crippen LogP contribution is 2.18. The molecule has 0 saturated carbocycles. The molecule has 0 aliphatic carbocycles. The average Bonchev–Trinajstić information content (AvgIpc) is 2.48. The molecule has 0 aromatic carbocycles. The van der Waals surface area contributed by atoms with Gasteiger partial charge >= 0.3 is 5.97 Å². The summed E-state index contributed by atoms with van der Waals surface area (Å²) in [5.74, 6) is -0.621. The molecule has 1 atom stereocenters. The molecule has 2 heterocycles. The Kier molecular flexibility index (Phi) is 1.70. The third-order valence-electron chi connectivity index (χ3n) is 2.05. The number of fused-ring (bicyclic) bond motifs is 1. The van der Waals surface area contributed by atoms with E-state index in [1.54, 1.807) is 0 Å². The van der Waals surface area contributed by atoms with Crippen LogP contribution in [0.2, 0.25) is 0 Å². The molecule has 0 saturated heterocycles. The number of aromatic amines is 1. The summed E-state index contributed by atoms with van der Waals surface area (Å²) in [6.07, 6.45) is 0.540. The minimum absolute atomic E-state index is 0.193. The van der Waals surface area contributed by atoms with Crippen molar-refractivity contribution in [1.29, 1.82) is 0 Å². The zero-order valence-electron chi connectivity index (χ0n) is 6.66. The number of aromatic nitrogens is 1. The Bertz CT molecular complexity index is 391. The van der Waals surface area contributed by atoms with E-state index in [1.807, 2.05) is 0 Å². The van der Waals surface area contributed by atoms with E-state index >= 15 is 0 Å². The second kappa shape index (κ2) is 2.74. The van der Waals surface area contributed by atoms with Crippen molar-refractivity contribution in [3.8, 4) is 0 Å². The van der Waals surface area contributed by atoms with Gasteiger partial charge in [0, 0.05) is 13.0 Å². The van der Waals surface area contributed by atoms with Crippen molar-refractivity contribution in [3.05, 3.63) is 21.7 Å². The van der Waals surface area contributed by atoms with Crippen molar-refractivity contribution in [1.82, 2.24) is 10.5 Å². The molecule has 6 nitrogen and oxygen atoms in total. The van der Waals surface area contributed by atoms with Crippen LogP contribution in [0.1, 0.15) is 17.4 Å². The molecule has 0 spiro atoms. The lowest BCUT2D eigenvalue weighted by Crippen LogP contribution is -2.37. The number of hydrogen-bond donors (Lipinski definition) is 3. The van der Waals surface area contributed by atoms with Gasteiger partial charge in [0.1, 0.15) is 11.8 Å². The van der Waals surface area contributed by atoms with E-state index < -0.39 is 17.6 Å². The van der Waals surface area contributed by atoms with Crippen LogP contribution in [0.3, 0.4) is 0 Å². The minimum Gasteiger partial charge on any atom is -0.480 e. The van der Waals surface area contributed by atoms with Gasteiger partial charge in [-0.15, -0.1) is 0 Å². The Labute approximate surface area is 72.5 Å². The molecule has 2 rings (SSSR count). The van der Waals surface area contributed by atoms with Crippen LogP contribution in [0.5, 0.6) is 0 Å². The van der Waals surface area contributed by atoms with Gasteiger partial charge in [-0.3, -0.25) is 14.9 Å². The standard InChI is InChI=1S/C7H8N2O4/c10-6-4-3(13-9-6)1-2-8-5(4)7(11)12/h5,8H,1-2H2,(H,9,10)(H,11,12)/t5-/m0/s1. The number of H-pyrrole nitrogens is 1. The summed E-state index contributed by atoms with van der Waals surface area (Å²) in [6.45, 7) is 0.505. The number of nitrogens with one attached hydrogen (secondary N) is 2. The van der Waals surface area contributed by atoms with E-state index in [0.29, 0.717) is 18.7 Å². The van der Waals surface area contributed by atoms with Gasteiger partial charge < -0.3 is 9.63 Å². The van der Waals surface area contributed by atoms with E-state index in [1.165, 1.54) is 0 Å². The lowest BCUT2D eigenvalue weighted by molar-refractivity contribution is -0.139. The first kappa shape index (κ1) is 8.06. The first-order valence-corrected chi connectivity index (χ1v) is 3.86. The maximum atomic E-state index is 11.1. The third kappa shape index (κ3) is 1.15. The van der Waals surface area contributed by atoms with Gasteiger partial charge in [0.15, 0.2) is 0 Å². The normalized spacial score (nSPS) is 21.1. The van der Waals surface area contributed by atoms with Crippen LogP contribution in [0, 0.1) is 0 Å². The van der Waals surface area contributed by atoms with Crippen molar-refractivity contribution in [3.63, 3.8) is 0 Å². The number of aliphatic carboxylic acids is 1. The van der Waals surface area contributed by atoms with Crippen LogP contribution in [0.4, 0.5) is 0 Å². The van der Waals surface area contributed by atoms with Gasteiger partial charge in [-0.2, -0.15) is 5.16 Å². The Balaban J connectivity index is 2.52. The summed E-state index contributed by atoms with van der Waals surface area (Å²) in [7, 11) is 0. The van der Waals surface area contributed by atoms with Crippen molar-refractivity contribution in [2.24, 2.45) is 0 Å². The van der Waals surface area contributed by atoms with Crippen LogP contribution in [0.15, 0.2) is 9.32 Å². The minimum atomic E-state index is -1.06. The highest BCUT2D eigenvalue weighted by Gasteiger charge is 2.31. The molecule has 0 amide bonds. The van der Waals surface area contributed by atoms with Gasteiger partial charge in [0.25, 0.3) is 5.56 Å². The molecule has 0 fully saturated rings. The molecule has 0 radical (unpaired) electrons. The van der Waals surface area contributed by atoms with Crippen LogP contribution >= 0.6 is 0 Å². The number of carboxylic acid groups (broad SMARTS) is 1. The molecule has 1 aliphatic heterocycles. The molecule has 13 heavy (non-hydrogen) atoms. The number of rotatable bonds is 1. The summed E-state index contributed by atoms with van der Waals surface area (Å²) in [5.41, 5.74) is -0.270. The quantitative estimate of drug-likeness (QED) is 0.533. The molecular weight excluding hydrogens is 176 g/mol. The Morgan fingerprint density at radius 3 is 3.08 bits per heavy atom. The van der Waals surface area contributed by atoms with Crippen LogP contribution in [-0.4, -0.2) is 22.8 Å². The molecular formula is C7H8N2O4. The van der Waals surface area contributed by atoms with Crippen LogP contribution in [0.25, 0.3) is 0 Å². The number of hydrogen-bond acceptors (Lipinski definition) is 4. The predicted octanol–water partition coefficient (Wildman–Crippen LogP) is -0.761. The first-order valence-electron chi connectivity index (χ1n) is 3.86. The average molecular weight is 184 g/mol. The second-order valence-electron chi connectivity index (χ2n) is 2.85. The Morgan fingerprint density at radius 2 is 2.38 bits per heavy atom. The summed E-state index contributed by atoms with van der Waals surface area (Å²) in [4.78, 5) is 21.8. The fourth-order valence-corrected chi connectivity index (χ4v) is 1.47. The molecule has 3 N–H and O–H groups in total. The first-order chi connectivity index (χ1) is 6.20. The molecule has 70 valence electrons. The Hall–Kier alpha value is -1.56. The van der Waals surface area contributed by atoms with Gasteiger partial charge in [0.2, 0.25) is 0 Å². The molecule has 1 aromatic rings. The molecule has 1 aliphatic rings. The van der Waals surface area contributed by atoms with Crippen molar-refractivity contribution < 1.29 is 14.4 Å². The van der Waals surface area contributed by atoms with Crippen molar-refractivity contribution in [2.75, 3.05) is 6.54 Å². The smallest absolute Gasteiger partial charge is 0.325 e. The molecule has 0 bridgehead atoms. The SMILES string of the molecule is O=C(O)[C@H]1NCCc2o[nH]c(=O)c21. The second-order valence-corrected chi connectivity index (χ2v) is 2.85. The van der Waals surface area contributed by atoms with Gasteiger partial charge in [0.05, 0.1) is 5.56 Å². The summed E-state index contributed by atoms with van der Waals surface area (Å²) >= 11 is 0. The van der Waals surface area contributed by atoms with Crippen molar-refractivity contribution >= 4 is 5.97 Å². The zero-order chi connectivity index (χ0) is 9.42. The van der Waals surface area contributed by atoms with E-state index in [9.17, 15) is 9.59 Å². The molecule has 1 aromatic heterocycles. The number of carbonyl (C=O) groups is 1. The summed E-state index contributed by atoms with van der Waals surface area (Å²) < 4.78 is 4.83. The van der Waals surface area contributed by atoms with E-state index in [0.717, 1.165) is 0 Å². The number of carboxylic acids is 1. The van der Waals surface area contributed by atoms with E-state index in [2.05, 4.69) is 10.5 Å². The maximum absolute atomic E-state index is 11.1. The lowest BCUT2D eigenvalue weighted by atomic mass is 10.0. The topological polar surface area (TPSA) is 95.3 Å².